The van der Waals surface area contributed by atoms with E-state index in [1.54, 1.807) is 0 Å². The molecule has 0 bridgehead atoms. The maximum atomic E-state index is 5.76. The summed E-state index contributed by atoms with van der Waals surface area (Å²) in [6, 6.07) is 0.326. The van der Waals surface area contributed by atoms with Crippen LogP contribution in [0.3, 0.4) is 0 Å². The molecule has 0 heterocycles. The number of hydrogen-bond donors (Lipinski definition) is 2. The van der Waals surface area contributed by atoms with Gasteiger partial charge in [-0.1, -0.05) is 6.92 Å². The van der Waals surface area contributed by atoms with Gasteiger partial charge in [-0.2, -0.15) is 0 Å². The summed E-state index contributed by atoms with van der Waals surface area (Å²) in [6.07, 6.45) is 3.06. The first kappa shape index (κ1) is 11.4. The van der Waals surface area contributed by atoms with Crippen molar-refractivity contribution in [3.05, 3.63) is 0 Å². The molecular formula is C6H14I2N2. The van der Waals surface area contributed by atoms with E-state index in [9.17, 15) is 0 Å². The highest BCUT2D eigenvalue weighted by atomic mass is 127. The van der Waals surface area contributed by atoms with Gasteiger partial charge in [0.1, 0.15) is 1.55 Å². The highest BCUT2D eigenvalue weighted by molar-refractivity contribution is 14.2. The SMILES string of the molecule is CCC(N)CCC(N)(I)I. The van der Waals surface area contributed by atoms with Crippen LogP contribution in [-0.4, -0.2) is 7.59 Å². The molecule has 62 valence electrons. The van der Waals surface area contributed by atoms with Gasteiger partial charge in [0.2, 0.25) is 0 Å². The van der Waals surface area contributed by atoms with Crippen molar-refractivity contribution in [1.29, 1.82) is 0 Å². The van der Waals surface area contributed by atoms with Crippen molar-refractivity contribution in [1.82, 2.24) is 0 Å². The highest BCUT2D eigenvalue weighted by Crippen LogP contribution is 2.26. The monoisotopic (exact) mass is 368 g/mol. The van der Waals surface area contributed by atoms with Gasteiger partial charge in [0.05, 0.1) is 0 Å². The van der Waals surface area contributed by atoms with Crippen LogP contribution in [0.15, 0.2) is 0 Å². The zero-order chi connectivity index (χ0) is 8.20. The van der Waals surface area contributed by atoms with Gasteiger partial charge in [-0.25, -0.2) is 0 Å². The van der Waals surface area contributed by atoms with Gasteiger partial charge in [0.25, 0.3) is 0 Å². The third-order valence-corrected chi connectivity index (χ3v) is 2.45. The average molecular weight is 368 g/mol. The van der Waals surface area contributed by atoms with Crippen LogP contribution in [-0.2, 0) is 0 Å². The lowest BCUT2D eigenvalue weighted by molar-refractivity contribution is 0.563. The van der Waals surface area contributed by atoms with Crippen LogP contribution in [0.5, 0.6) is 0 Å². The Bertz CT molecular complexity index is 90.2. The van der Waals surface area contributed by atoms with Gasteiger partial charge in [0, 0.05) is 6.04 Å². The third kappa shape index (κ3) is 7.49. The first-order valence-electron chi connectivity index (χ1n) is 3.38. The van der Waals surface area contributed by atoms with Crippen LogP contribution in [0.4, 0.5) is 0 Å². The second-order valence-electron chi connectivity index (χ2n) is 2.47. The summed E-state index contributed by atoms with van der Waals surface area (Å²) in [5, 5.41) is 0. The Labute approximate surface area is 89.8 Å². The molecule has 0 aromatic rings. The molecule has 0 amide bonds. The van der Waals surface area contributed by atoms with Crippen LogP contribution < -0.4 is 11.5 Å². The Morgan fingerprint density at radius 2 is 2.00 bits per heavy atom. The molecule has 0 saturated carbocycles. The van der Waals surface area contributed by atoms with Crippen molar-refractivity contribution in [2.24, 2.45) is 11.5 Å². The molecular weight excluding hydrogens is 354 g/mol. The molecule has 0 spiro atoms. The summed E-state index contributed by atoms with van der Waals surface area (Å²) in [5.74, 6) is 0. The van der Waals surface area contributed by atoms with E-state index in [1.807, 2.05) is 0 Å². The lowest BCUT2D eigenvalue weighted by atomic mass is 10.1. The standard InChI is InChI=1S/C6H14I2N2/c1-2-5(9)3-4-6(7,8)10/h5H,2-4,9-10H2,1H3. The predicted octanol–water partition coefficient (Wildman–Crippen LogP) is 1.99. The van der Waals surface area contributed by atoms with Gasteiger partial charge in [-0.05, 0) is 64.4 Å². The average Bonchev–Trinajstić information content (AvgIpc) is 1.81. The molecule has 0 aliphatic carbocycles. The minimum atomic E-state index is -0.109. The maximum Gasteiger partial charge on any atom is 0.120 e. The van der Waals surface area contributed by atoms with Gasteiger partial charge < -0.3 is 11.5 Å². The molecule has 1 atom stereocenters. The molecule has 0 aromatic heterocycles. The Morgan fingerprint density at radius 1 is 1.50 bits per heavy atom. The van der Waals surface area contributed by atoms with E-state index in [1.165, 1.54) is 0 Å². The Hall–Kier alpha value is 1.38. The van der Waals surface area contributed by atoms with Crippen molar-refractivity contribution in [3.63, 3.8) is 0 Å². The number of halogens is 2. The smallest absolute Gasteiger partial charge is 0.120 e. The van der Waals surface area contributed by atoms with Crippen molar-refractivity contribution in [2.75, 3.05) is 0 Å². The fraction of sp³-hybridized carbons (Fsp3) is 1.00. The molecule has 2 nitrogen and oxygen atoms in total. The lowest BCUT2D eigenvalue weighted by Crippen LogP contribution is -2.28. The fourth-order valence-corrected chi connectivity index (χ4v) is 1.20. The van der Waals surface area contributed by atoms with Crippen LogP contribution in [0, 0.1) is 0 Å². The summed E-state index contributed by atoms with van der Waals surface area (Å²) in [6.45, 7) is 2.10. The second-order valence-corrected chi connectivity index (χ2v) is 8.38. The largest absolute Gasteiger partial charge is 0.328 e. The summed E-state index contributed by atoms with van der Waals surface area (Å²) < 4.78 is -0.109. The Balaban J connectivity index is 3.36. The van der Waals surface area contributed by atoms with Crippen LogP contribution in [0.2, 0.25) is 0 Å². The lowest BCUT2D eigenvalue weighted by Gasteiger charge is -2.16. The quantitative estimate of drug-likeness (QED) is 0.453. The normalized spacial score (nSPS) is 15.3. The predicted molar refractivity (Wildman–Crippen MR) is 62.5 cm³/mol. The number of hydrogen-bond acceptors (Lipinski definition) is 2. The summed E-state index contributed by atoms with van der Waals surface area (Å²) in [4.78, 5) is 0. The minimum Gasteiger partial charge on any atom is -0.328 e. The first-order chi connectivity index (χ1) is 4.45. The molecule has 10 heavy (non-hydrogen) atoms. The number of alkyl halides is 2. The number of rotatable bonds is 4. The van der Waals surface area contributed by atoms with E-state index in [2.05, 4.69) is 52.1 Å². The van der Waals surface area contributed by atoms with E-state index < -0.39 is 0 Å². The Morgan fingerprint density at radius 3 is 2.30 bits per heavy atom. The van der Waals surface area contributed by atoms with E-state index in [0.717, 1.165) is 19.3 Å². The molecule has 4 N–H and O–H groups in total. The first-order valence-corrected chi connectivity index (χ1v) is 5.53. The Kier molecular flexibility index (Phi) is 5.81. The van der Waals surface area contributed by atoms with Crippen LogP contribution in [0.1, 0.15) is 26.2 Å². The molecule has 0 rings (SSSR count). The van der Waals surface area contributed by atoms with Crippen LogP contribution in [0.25, 0.3) is 0 Å². The maximum absolute atomic E-state index is 5.76. The van der Waals surface area contributed by atoms with Crippen molar-refractivity contribution >= 4 is 45.2 Å². The topological polar surface area (TPSA) is 52.0 Å². The third-order valence-electron chi connectivity index (χ3n) is 1.37. The summed E-state index contributed by atoms with van der Waals surface area (Å²) >= 11 is 4.47. The van der Waals surface area contributed by atoms with E-state index in [-0.39, 0.29) is 1.55 Å². The molecule has 0 radical (unpaired) electrons. The minimum absolute atomic E-state index is 0.109. The van der Waals surface area contributed by atoms with Crippen molar-refractivity contribution in [3.8, 4) is 0 Å². The molecule has 0 saturated heterocycles. The number of nitrogens with two attached hydrogens (primary N) is 2. The van der Waals surface area contributed by atoms with Gasteiger partial charge in [-0.15, -0.1) is 0 Å². The van der Waals surface area contributed by atoms with E-state index in [4.69, 9.17) is 11.5 Å². The van der Waals surface area contributed by atoms with E-state index >= 15 is 0 Å². The second kappa shape index (κ2) is 5.10. The zero-order valence-electron chi connectivity index (χ0n) is 6.11. The molecule has 4 heteroatoms. The molecule has 0 aliphatic rings. The molecule has 0 aromatic carbocycles. The van der Waals surface area contributed by atoms with Gasteiger partial charge in [0.15, 0.2) is 0 Å². The van der Waals surface area contributed by atoms with Gasteiger partial charge >= 0.3 is 0 Å². The summed E-state index contributed by atoms with van der Waals surface area (Å²) in [7, 11) is 0. The van der Waals surface area contributed by atoms with Crippen molar-refractivity contribution in [2.45, 2.75) is 33.8 Å². The van der Waals surface area contributed by atoms with Gasteiger partial charge in [-0.3, -0.25) is 0 Å². The highest BCUT2D eigenvalue weighted by Gasteiger charge is 2.15. The van der Waals surface area contributed by atoms with E-state index in [0.29, 0.717) is 6.04 Å². The molecule has 0 aliphatic heterocycles. The zero-order valence-corrected chi connectivity index (χ0v) is 10.4. The van der Waals surface area contributed by atoms with Crippen LogP contribution >= 0.6 is 45.2 Å². The van der Waals surface area contributed by atoms with Crippen molar-refractivity contribution < 1.29 is 0 Å². The fourth-order valence-electron chi connectivity index (χ4n) is 0.582. The molecule has 1 unspecified atom stereocenters. The molecule has 0 fully saturated rings. The summed E-state index contributed by atoms with van der Waals surface area (Å²) in [5.41, 5.74) is 11.5.